The van der Waals surface area contributed by atoms with E-state index in [1.807, 2.05) is 11.3 Å². The highest BCUT2D eigenvalue weighted by molar-refractivity contribution is 7.10. The molecule has 0 unspecified atom stereocenters. The quantitative estimate of drug-likeness (QED) is 0.825. The predicted molar refractivity (Wildman–Crippen MR) is 71.7 cm³/mol. The molecule has 90 valence electrons. The molecule has 0 bridgehead atoms. The van der Waals surface area contributed by atoms with Gasteiger partial charge in [-0.05, 0) is 61.5 Å². The lowest BCUT2D eigenvalue weighted by molar-refractivity contribution is 0.198. The zero-order valence-electron chi connectivity index (χ0n) is 10.6. The molecule has 1 aliphatic rings. The van der Waals surface area contributed by atoms with Gasteiger partial charge in [0, 0.05) is 4.88 Å². The summed E-state index contributed by atoms with van der Waals surface area (Å²) in [5, 5.41) is 2.17. The average Bonchev–Trinajstić information content (AvgIpc) is 2.66. The second-order valence-electron chi connectivity index (χ2n) is 5.67. The topological polar surface area (TPSA) is 26.0 Å². The first-order valence-electron chi connectivity index (χ1n) is 6.36. The lowest BCUT2D eigenvalue weighted by Crippen LogP contribution is -2.40. The summed E-state index contributed by atoms with van der Waals surface area (Å²) in [6, 6.07) is 2.20. The van der Waals surface area contributed by atoms with Gasteiger partial charge in [-0.3, -0.25) is 0 Å². The third kappa shape index (κ3) is 2.18. The molecule has 1 heterocycles. The highest BCUT2D eigenvalue weighted by Crippen LogP contribution is 2.42. The Morgan fingerprint density at radius 3 is 2.44 bits per heavy atom. The molecule has 0 radical (unpaired) electrons. The summed E-state index contributed by atoms with van der Waals surface area (Å²) < 4.78 is 0. The minimum Gasteiger partial charge on any atom is -0.321 e. The molecule has 0 atom stereocenters. The van der Waals surface area contributed by atoms with Crippen molar-refractivity contribution in [1.29, 1.82) is 0 Å². The number of aryl methyl sites for hydroxylation is 1. The molecule has 1 aliphatic carbocycles. The van der Waals surface area contributed by atoms with Crippen LogP contribution >= 0.6 is 11.3 Å². The smallest absolute Gasteiger partial charge is 0.0506 e. The predicted octanol–water partition coefficient (Wildman–Crippen LogP) is 4.06. The van der Waals surface area contributed by atoms with Crippen molar-refractivity contribution in [3.05, 3.63) is 21.9 Å². The molecule has 1 saturated carbocycles. The fourth-order valence-electron chi connectivity index (χ4n) is 2.93. The first kappa shape index (κ1) is 12.1. The molecule has 0 saturated heterocycles. The van der Waals surface area contributed by atoms with Crippen LogP contribution in [0.5, 0.6) is 0 Å². The maximum absolute atomic E-state index is 6.60. The minimum absolute atomic E-state index is 0.0242. The molecule has 0 aliphatic heterocycles. The van der Waals surface area contributed by atoms with Crippen LogP contribution in [0.25, 0.3) is 0 Å². The van der Waals surface area contributed by atoms with E-state index in [0.717, 1.165) is 24.7 Å². The molecule has 2 heteroatoms. The average molecular weight is 237 g/mol. The second kappa shape index (κ2) is 4.50. The van der Waals surface area contributed by atoms with Crippen LogP contribution in [0, 0.1) is 18.8 Å². The number of rotatable bonds is 2. The van der Waals surface area contributed by atoms with Gasteiger partial charge in [0.15, 0.2) is 0 Å². The SMILES string of the molecule is Cc1ccsc1C1(N)CCC(C(C)C)CC1. The minimum atomic E-state index is -0.0242. The molecule has 0 aromatic carbocycles. The van der Waals surface area contributed by atoms with Crippen molar-refractivity contribution in [2.75, 3.05) is 0 Å². The van der Waals surface area contributed by atoms with Crippen LogP contribution in [0.4, 0.5) is 0 Å². The van der Waals surface area contributed by atoms with Crippen LogP contribution in [0.15, 0.2) is 11.4 Å². The van der Waals surface area contributed by atoms with Gasteiger partial charge in [-0.25, -0.2) is 0 Å². The van der Waals surface area contributed by atoms with Gasteiger partial charge in [0.25, 0.3) is 0 Å². The molecule has 2 rings (SSSR count). The summed E-state index contributed by atoms with van der Waals surface area (Å²) in [6.07, 6.45) is 4.92. The Labute approximate surface area is 103 Å². The number of hydrogen-bond acceptors (Lipinski definition) is 2. The van der Waals surface area contributed by atoms with Gasteiger partial charge < -0.3 is 5.73 Å². The van der Waals surface area contributed by atoms with E-state index in [1.165, 1.54) is 23.3 Å². The Hall–Kier alpha value is -0.340. The van der Waals surface area contributed by atoms with E-state index >= 15 is 0 Å². The molecular weight excluding hydrogens is 214 g/mol. The summed E-state index contributed by atoms with van der Waals surface area (Å²) >= 11 is 1.84. The Morgan fingerprint density at radius 2 is 2.00 bits per heavy atom. The van der Waals surface area contributed by atoms with Crippen molar-refractivity contribution in [3.8, 4) is 0 Å². The Morgan fingerprint density at radius 1 is 1.38 bits per heavy atom. The number of hydrogen-bond donors (Lipinski definition) is 1. The number of thiophene rings is 1. The van der Waals surface area contributed by atoms with Crippen molar-refractivity contribution in [1.82, 2.24) is 0 Å². The van der Waals surface area contributed by atoms with Gasteiger partial charge in [0.2, 0.25) is 0 Å². The molecule has 0 spiro atoms. The van der Waals surface area contributed by atoms with Gasteiger partial charge >= 0.3 is 0 Å². The Bertz CT molecular complexity index is 345. The largest absolute Gasteiger partial charge is 0.321 e. The highest BCUT2D eigenvalue weighted by atomic mass is 32.1. The molecule has 2 N–H and O–H groups in total. The van der Waals surface area contributed by atoms with Crippen LogP contribution in [0.2, 0.25) is 0 Å². The molecule has 0 amide bonds. The van der Waals surface area contributed by atoms with Crippen molar-refractivity contribution >= 4 is 11.3 Å². The second-order valence-corrected chi connectivity index (χ2v) is 6.59. The molecule has 1 fully saturated rings. The maximum atomic E-state index is 6.60. The molecule has 1 aromatic heterocycles. The molecule has 16 heavy (non-hydrogen) atoms. The van der Waals surface area contributed by atoms with Crippen molar-refractivity contribution in [2.24, 2.45) is 17.6 Å². The van der Waals surface area contributed by atoms with E-state index in [0.29, 0.717) is 0 Å². The van der Waals surface area contributed by atoms with E-state index < -0.39 is 0 Å². The van der Waals surface area contributed by atoms with Crippen LogP contribution in [-0.2, 0) is 5.54 Å². The van der Waals surface area contributed by atoms with Crippen molar-refractivity contribution in [2.45, 2.75) is 52.0 Å². The first-order chi connectivity index (χ1) is 7.53. The fourth-order valence-corrected chi connectivity index (χ4v) is 4.03. The lowest BCUT2D eigenvalue weighted by atomic mass is 9.72. The normalized spacial score (nSPS) is 30.9. The van der Waals surface area contributed by atoms with E-state index in [9.17, 15) is 0 Å². The monoisotopic (exact) mass is 237 g/mol. The van der Waals surface area contributed by atoms with Crippen LogP contribution < -0.4 is 5.73 Å². The van der Waals surface area contributed by atoms with Gasteiger partial charge in [0.05, 0.1) is 5.54 Å². The Balaban J connectivity index is 2.10. The van der Waals surface area contributed by atoms with Crippen LogP contribution in [0.1, 0.15) is 50.0 Å². The fraction of sp³-hybridized carbons (Fsp3) is 0.714. The van der Waals surface area contributed by atoms with Gasteiger partial charge in [-0.15, -0.1) is 11.3 Å². The van der Waals surface area contributed by atoms with E-state index in [-0.39, 0.29) is 5.54 Å². The maximum Gasteiger partial charge on any atom is 0.0506 e. The molecule has 1 nitrogen and oxygen atoms in total. The van der Waals surface area contributed by atoms with Gasteiger partial charge in [0.1, 0.15) is 0 Å². The zero-order chi connectivity index (χ0) is 11.8. The summed E-state index contributed by atoms with van der Waals surface area (Å²) in [5.74, 6) is 1.70. The van der Waals surface area contributed by atoms with E-state index in [1.54, 1.807) is 0 Å². The van der Waals surface area contributed by atoms with Crippen molar-refractivity contribution in [3.63, 3.8) is 0 Å². The summed E-state index contributed by atoms with van der Waals surface area (Å²) in [7, 11) is 0. The van der Waals surface area contributed by atoms with Crippen molar-refractivity contribution < 1.29 is 0 Å². The zero-order valence-corrected chi connectivity index (χ0v) is 11.4. The van der Waals surface area contributed by atoms with Crippen LogP contribution in [-0.4, -0.2) is 0 Å². The first-order valence-corrected chi connectivity index (χ1v) is 7.24. The van der Waals surface area contributed by atoms with Gasteiger partial charge in [-0.2, -0.15) is 0 Å². The number of nitrogens with two attached hydrogens (primary N) is 1. The summed E-state index contributed by atoms with van der Waals surface area (Å²) in [5.41, 5.74) is 7.96. The van der Waals surface area contributed by atoms with Crippen LogP contribution in [0.3, 0.4) is 0 Å². The van der Waals surface area contributed by atoms with E-state index in [4.69, 9.17) is 5.73 Å². The lowest BCUT2D eigenvalue weighted by Gasteiger charge is -2.38. The van der Waals surface area contributed by atoms with Gasteiger partial charge in [-0.1, -0.05) is 13.8 Å². The highest BCUT2D eigenvalue weighted by Gasteiger charge is 2.35. The third-order valence-electron chi connectivity index (χ3n) is 4.18. The standard InChI is InChI=1S/C14H23NS/c1-10(2)12-4-7-14(15,8-5-12)13-11(3)6-9-16-13/h6,9-10,12H,4-5,7-8,15H2,1-3H3. The van der Waals surface area contributed by atoms with E-state index in [2.05, 4.69) is 32.2 Å². The molecule has 1 aromatic rings. The Kier molecular flexibility index (Phi) is 3.41. The molecular formula is C14H23NS. The summed E-state index contributed by atoms with van der Waals surface area (Å²) in [4.78, 5) is 1.43. The summed E-state index contributed by atoms with van der Waals surface area (Å²) in [6.45, 7) is 6.87. The third-order valence-corrected chi connectivity index (χ3v) is 5.42.